The second-order valence-corrected chi connectivity index (χ2v) is 8.70. The van der Waals surface area contributed by atoms with Gasteiger partial charge in [0.15, 0.2) is 0 Å². The second-order valence-electron chi connectivity index (χ2n) is 7.84. The van der Waals surface area contributed by atoms with Gasteiger partial charge in [0.1, 0.15) is 12.4 Å². The SMILES string of the molecule is CC(C)N(CC(=O)Nc1cc(C(C)(C)C)nn1C)C(=O)c1ccccc1Br. The minimum atomic E-state index is -0.257. The highest BCUT2D eigenvalue weighted by atomic mass is 79.9. The number of carbonyl (C=O) groups excluding carboxylic acids is 2. The molecule has 0 saturated carbocycles. The standard InChI is InChI=1S/C20H27BrN4O2/c1-13(2)25(19(27)14-9-7-8-10-15(14)21)12-18(26)22-17-11-16(20(3,4)5)23-24(17)6/h7-11,13H,12H2,1-6H3,(H,22,26). The van der Waals surface area contributed by atoms with Crippen LogP contribution in [0.15, 0.2) is 34.8 Å². The van der Waals surface area contributed by atoms with Crippen LogP contribution in [0.4, 0.5) is 5.82 Å². The molecule has 1 heterocycles. The maximum Gasteiger partial charge on any atom is 0.255 e. The molecular weight excluding hydrogens is 408 g/mol. The van der Waals surface area contributed by atoms with E-state index in [1.165, 1.54) is 0 Å². The number of amides is 2. The van der Waals surface area contributed by atoms with Crippen molar-refractivity contribution < 1.29 is 9.59 Å². The van der Waals surface area contributed by atoms with Crippen molar-refractivity contribution in [3.05, 3.63) is 46.1 Å². The maximum absolute atomic E-state index is 12.9. The van der Waals surface area contributed by atoms with Crippen molar-refractivity contribution in [3.8, 4) is 0 Å². The lowest BCUT2D eigenvalue weighted by molar-refractivity contribution is -0.117. The van der Waals surface area contributed by atoms with E-state index < -0.39 is 0 Å². The van der Waals surface area contributed by atoms with E-state index in [1.807, 2.05) is 32.0 Å². The molecule has 0 radical (unpaired) electrons. The number of rotatable bonds is 5. The fraction of sp³-hybridized carbons (Fsp3) is 0.450. The molecule has 6 nitrogen and oxygen atoms in total. The number of hydrogen-bond donors (Lipinski definition) is 1. The van der Waals surface area contributed by atoms with Gasteiger partial charge in [-0.1, -0.05) is 32.9 Å². The molecule has 27 heavy (non-hydrogen) atoms. The Kier molecular flexibility index (Phi) is 6.46. The molecule has 2 aromatic rings. The van der Waals surface area contributed by atoms with Crippen molar-refractivity contribution >= 4 is 33.6 Å². The molecule has 7 heteroatoms. The summed E-state index contributed by atoms with van der Waals surface area (Å²) in [6, 6.07) is 8.97. The molecule has 0 bridgehead atoms. The van der Waals surface area contributed by atoms with Crippen molar-refractivity contribution in [3.63, 3.8) is 0 Å². The van der Waals surface area contributed by atoms with E-state index in [4.69, 9.17) is 0 Å². The van der Waals surface area contributed by atoms with E-state index in [1.54, 1.807) is 28.8 Å². The first kappa shape index (κ1) is 21.2. The van der Waals surface area contributed by atoms with Crippen LogP contribution in [-0.4, -0.2) is 39.1 Å². The summed E-state index contributed by atoms with van der Waals surface area (Å²) >= 11 is 3.41. The van der Waals surface area contributed by atoms with Gasteiger partial charge in [0.25, 0.3) is 5.91 Å². The second kappa shape index (κ2) is 8.25. The summed E-state index contributed by atoms with van der Waals surface area (Å²) in [6.07, 6.45) is 0. The molecule has 2 amide bonds. The van der Waals surface area contributed by atoms with Gasteiger partial charge in [-0.3, -0.25) is 14.3 Å². The zero-order chi connectivity index (χ0) is 20.4. The van der Waals surface area contributed by atoms with Crippen molar-refractivity contribution in [2.75, 3.05) is 11.9 Å². The number of hydrogen-bond acceptors (Lipinski definition) is 3. The van der Waals surface area contributed by atoms with Crippen LogP contribution < -0.4 is 5.32 Å². The summed E-state index contributed by atoms with van der Waals surface area (Å²) in [5.74, 6) is 0.169. The molecule has 0 fully saturated rings. The first-order chi connectivity index (χ1) is 12.5. The molecule has 1 aromatic heterocycles. The third-order valence-corrected chi connectivity index (χ3v) is 4.91. The molecule has 2 rings (SSSR count). The Morgan fingerprint density at radius 1 is 1.26 bits per heavy atom. The normalized spacial score (nSPS) is 11.6. The van der Waals surface area contributed by atoms with Crippen LogP contribution in [0.2, 0.25) is 0 Å². The van der Waals surface area contributed by atoms with Gasteiger partial charge in [0, 0.05) is 29.0 Å². The van der Waals surface area contributed by atoms with Gasteiger partial charge in [0.05, 0.1) is 11.3 Å². The van der Waals surface area contributed by atoms with Gasteiger partial charge in [-0.15, -0.1) is 0 Å². The number of nitrogens with one attached hydrogen (secondary N) is 1. The minimum absolute atomic E-state index is 0.0339. The lowest BCUT2D eigenvalue weighted by atomic mass is 9.92. The Morgan fingerprint density at radius 2 is 1.89 bits per heavy atom. The number of anilines is 1. The van der Waals surface area contributed by atoms with Crippen LogP contribution in [0.25, 0.3) is 0 Å². The number of carbonyl (C=O) groups is 2. The number of aryl methyl sites for hydroxylation is 1. The number of aromatic nitrogens is 2. The van der Waals surface area contributed by atoms with Crippen LogP contribution in [0.3, 0.4) is 0 Å². The average Bonchev–Trinajstić information content (AvgIpc) is 2.93. The van der Waals surface area contributed by atoms with Crippen LogP contribution >= 0.6 is 15.9 Å². The van der Waals surface area contributed by atoms with Crippen LogP contribution in [0.5, 0.6) is 0 Å². The molecule has 0 aliphatic carbocycles. The Labute approximate surface area is 169 Å². The highest BCUT2D eigenvalue weighted by Gasteiger charge is 2.24. The summed E-state index contributed by atoms with van der Waals surface area (Å²) in [4.78, 5) is 27.0. The molecule has 0 atom stereocenters. The first-order valence-electron chi connectivity index (χ1n) is 8.90. The fourth-order valence-electron chi connectivity index (χ4n) is 2.57. The van der Waals surface area contributed by atoms with Gasteiger partial charge < -0.3 is 10.2 Å². The minimum Gasteiger partial charge on any atom is -0.327 e. The first-order valence-corrected chi connectivity index (χ1v) is 9.70. The fourth-order valence-corrected chi connectivity index (χ4v) is 3.02. The zero-order valence-corrected chi connectivity index (χ0v) is 18.3. The van der Waals surface area contributed by atoms with Crippen LogP contribution in [0, 0.1) is 0 Å². The van der Waals surface area contributed by atoms with E-state index in [-0.39, 0.29) is 29.8 Å². The van der Waals surface area contributed by atoms with Gasteiger partial charge in [-0.25, -0.2) is 0 Å². The molecule has 146 valence electrons. The highest BCUT2D eigenvalue weighted by molar-refractivity contribution is 9.10. The highest BCUT2D eigenvalue weighted by Crippen LogP contribution is 2.23. The summed E-state index contributed by atoms with van der Waals surface area (Å²) in [5.41, 5.74) is 1.32. The maximum atomic E-state index is 12.9. The smallest absolute Gasteiger partial charge is 0.255 e. The lowest BCUT2D eigenvalue weighted by Gasteiger charge is -2.26. The molecule has 0 unspecified atom stereocenters. The number of benzene rings is 1. The molecule has 0 aliphatic heterocycles. The van der Waals surface area contributed by atoms with Crippen molar-refractivity contribution in [2.24, 2.45) is 7.05 Å². The van der Waals surface area contributed by atoms with Gasteiger partial charge >= 0.3 is 0 Å². The summed E-state index contributed by atoms with van der Waals surface area (Å²) in [6.45, 7) is 9.95. The third-order valence-electron chi connectivity index (χ3n) is 4.22. The Balaban J connectivity index is 2.15. The van der Waals surface area contributed by atoms with Crippen molar-refractivity contribution in [2.45, 2.75) is 46.1 Å². The zero-order valence-electron chi connectivity index (χ0n) is 16.7. The quantitative estimate of drug-likeness (QED) is 0.773. The molecule has 0 spiro atoms. The van der Waals surface area contributed by atoms with Gasteiger partial charge in [-0.05, 0) is 41.9 Å². The molecule has 0 saturated heterocycles. The van der Waals surface area contributed by atoms with Crippen molar-refractivity contribution in [1.29, 1.82) is 0 Å². The average molecular weight is 435 g/mol. The van der Waals surface area contributed by atoms with E-state index in [9.17, 15) is 9.59 Å². The summed E-state index contributed by atoms with van der Waals surface area (Å²) in [7, 11) is 1.79. The number of nitrogens with zero attached hydrogens (tertiary/aromatic N) is 3. The molecule has 1 N–H and O–H groups in total. The third kappa shape index (κ3) is 5.19. The predicted molar refractivity (Wildman–Crippen MR) is 111 cm³/mol. The Bertz CT molecular complexity index is 837. The van der Waals surface area contributed by atoms with E-state index in [0.29, 0.717) is 15.9 Å². The van der Waals surface area contributed by atoms with Crippen LogP contribution in [0.1, 0.15) is 50.7 Å². The Morgan fingerprint density at radius 3 is 2.41 bits per heavy atom. The number of halogens is 1. The molecular formula is C20H27BrN4O2. The molecule has 1 aromatic carbocycles. The topological polar surface area (TPSA) is 67.2 Å². The van der Waals surface area contributed by atoms with E-state index in [2.05, 4.69) is 47.1 Å². The van der Waals surface area contributed by atoms with E-state index >= 15 is 0 Å². The lowest BCUT2D eigenvalue weighted by Crippen LogP contribution is -2.42. The Hall–Kier alpha value is -2.15. The summed E-state index contributed by atoms with van der Waals surface area (Å²) in [5, 5.41) is 7.32. The summed E-state index contributed by atoms with van der Waals surface area (Å²) < 4.78 is 2.36. The van der Waals surface area contributed by atoms with Gasteiger partial charge in [0.2, 0.25) is 5.91 Å². The van der Waals surface area contributed by atoms with Crippen molar-refractivity contribution in [1.82, 2.24) is 14.7 Å². The predicted octanol–water partition coefficient (Wildman–Crippen LogP) is 3.97. The van der Waals surface area contributed by atoms with Crippen LogP contribution in [-0.2, 0) is 17.3 Å². The van der Waals surface area contributed by atoms with E-state index in [0.717, 1.165) is 5.69 Å². The van der Waals surface area contributed by atoms with Gasteiger partial charge in [-0.2, -0.15) is 5.10 Å². The molecule has 0 aliphatic rings. The largest absolute Gasteiger partial charge is 0.327 e. The monoisotopic (exact) mass is 434 g/mol.